The molecule has 208 valence electrons. The van der Waals surface area contributed by atoms with Crippen LogP contribution in [0.3, 0.4) is 0 Å². The Morgan fingerprint density at radius 1 is 0.737 bits per heavy atom. The summed E-state index contributed by atoms with van der Waals surface area (Å²) in [5.41, 5.74) is 2.24. The number of carbonyl (C=O) groups excluding carboxylic acids is 1. The Morgan fingerprint density at radius 3 is 1.95 bits per heavy atom. The van der Waals surface area contributed by atoms with Crippen LogP contribution in [0.25, 0.3) is 11.4 Å². The molecule has 0 N–H and O–H groups in total. The minimum atomic E-state index is -0.0708. The SMILES string of the molecule is CCCCCCCC1CCC(c2cnc(-c3ccc(OC(=O)C4CCC(CCCC)CC4)cc3)nc2)CC1. The minimum absolute atomic E-state index is 0.0456. The average Bonchev–Trinajstić information content (AvgIpc) is 2.97. The van der Waals surface area contributed by atoms with Crippen LogP contribution in [0, 0.1) is 17.8 Å². The van der Waals surface area contributed by atoms with Crippen molar-refractivity contribution in [3.05, 3.63) is 42.2 Å². The van der Waals surface area contributed by atoms with Crippen molar-refractivity contribution in [1.82, 2.24) is 9.97 Å². The van der Waals surface area contributed by atoms with Gasteiger partial charge in [0.1, 0.15) is 5.75 Å². The second-order valence-electron chi connectivity index (χ2n) is 12.1. The Balaban J connectivity index is 1.20. The number of rotatable bonds is 13. The normalized spacial score (nSPS) is 23.7. The van der Waals surface area contributed by atoms with Crippen molar-refractivity contribution in [1.29, 1.82) is 0 Å². The van der Waals surface area contributed by atoms with Gasteiger partial charge < -0.3 is 4.74 Å². The van der Waals surface area contributed by atoms with Crippen LogP contribution in [0.4, 0.5) is 0 Å². The summed E-state index contributed by atoms with van der Waals surface area (Å²) in [5, 5.41) is 0. The molecule has 4 nitrogen and oxygen atoms in total. The Hall–Kier alpha value is -2.23. The lowest BCUT2D eigenvalue weighted by molar-refractivity contribution is -0.140. The maximum atomic E-state index is 12.7. The molecule has 38 heavy (non-hydrogen) atoms. The highest BCUT2D eigenvalue weighted by Gasteiger charge is 2.27. The molecule has 0 aliphatic heterocycles. The minimum Gasteiger partial charge on any atom is -0.426 e. The van der Waals surface area contributed by atoms with Crippen LogP contribution in [-0.2, 0) is 4.79 Å². The van der Waals surface area contributed by atoms with E-state index in [0.717, 1.165) is 48.9 Å². The number of nitrogens with zero attached hydrogens (tertiary/aromatic N) is 2. The molecule has 4 rings (SSSR count). The number of hydrogen-bond donors (Lipinski definition) is 0. The van der Waals surface area contributed by atoms with Gasteiger partial charge in [0.2, 0.25) is 0 Å². The van der Waals surface area contributed by atoms with Crippen molar-refractivity contribution in [2.24, 2.45) is 17.8 Å². The topological polar surface area (TPSA) is 52.1 Å². The lowest BCUT2D eigenvalue weighted by Crippen LogP contribution is -2.25. The molecule has 1 aromatic heterocycles. The predicted octanol–water partition coefficient (Wildman–Crippen LogP) is 9.68. The van der Waals surface area contributed by atoms with Crippen LogP contribution in [0.2, 0.25) is 0 Å². The summed E-state index contributed by atoms with van der Waals surface area (Å²) < 4.78 is 5.73. The van der Waals surface area contributed by atoms with E-state index in [9.17, 15) is 4.79 Å². The van der Waals surface area contributed by atoms with Crippen LogP contribution >= 0.6 is 0 Å². The van der Waals surface area contributed by atoms with E-state index in [4.69, 9.17) is 14.7 Å². The van der Waals surface area contributed by atoms with Crippen LogP contribution in [0.5, 0.6) is 5.75 Å². The van der Waals surface area contributed by atoms with Gasteiger partial charge in [0.25, 0.3) is 0 Å². The Bertz CT molecular complexity index is 939. The highest BCUT2D eigenvalue weighted by Crippen LogP contribution is 2.38. The maximum Gasteiger partial charge on any atom is 0.314 e. The van der Waals surface area contributed by atoms with E-state index in [0.29, 0.717) is 11.7 Å². The van der Waals surface area contributed by atoms with Crippen LogP contribution < -0.4 is 4.74 Å². The Kier molecular flexibility index (Phi) is 11.6. The van der Waals surface area contributed by atoms with Gasteiger partial charge in [-0.15, -0.1) is 0 Å². The van der Waals surface area contributed by atoms with Gasteiger partial charge in [-0.2, -0.15) is 0 Å². The first kappa shape index (κ1) is 28.8. The molecule has 1 heterocycles. The summed E-state index contributed by atoms with van der Waals surface area (Å²) in [4.78, 5) is 22.1. The molecular weight excluding hydrogens is 468 g/mol. The number of unbranched alkanes of at least 4 members (excludes halogenated alkanes) is 5. The monoisotopic (exact) mass is 518 g/mol. The first-order valence-electron chi connectivity index (χ1n) is 15.8. The zero-order valence-electron chi connectivity index (χ0n) is 24.0. The van der Waals surface area contributed by atoms with Crippen molar-refractivity contribution >= 4 is 5.97 Å². The van der Waals surface area contributed by atoms with Crippen molar-refractivity contribution in [3.63, 3.8) is 0 Å². The molecule has 0 radical (unpaired) electrons. The fourth-order valence-corrected chi connectivity index (χ4v) is 6.57. The zero-order valence-corrected chi connectivity index (χ0v) is 24.0. The van der Waals surface area contributed by atoms with Crippen molar-refractivity contribution in [3.8, 4) is 17.1 Å². The van der Waals surface area contributed by atoms with Crippen LogP contribution in [0.1, 0.15) is 134 Å². The largest absolute Gasteiger partial charge is 0.426 e. The third-order valence-electron chi connectivity index (χ3n) is 9.18. The Labute approximate surface area is 231 Å². The molecule has 0 atom stereocenters. The molecule has 1 aromatic carbocycles. The van der Waals surface area contributed by atoms with Gasteiger partial charge in [0, 0.05) is 18.0 Å². The van der Waals surface area contributed by atoms with E-state index in [-0.39, 0.29) is 11.9 Å². The average molecular weight is 519 g/mol. The molecule has 0 amide bonds. The summed E-state index contributed by atoms with van der Waals surface area (Å²) in [6.07, 6.45) is 25.8. The maximum absolute atomic E-state index is 12.7. The lowest BCUT2D eigenvalue weighted by Gasteiger charge is -2.28. The van der Waals surface area contributed by atoms with E-state index < -0.39 is 0 Å². The van der Waals surface area contributed by atoms with Gasteiger partial charge in [-0.25, -0.2) is 9.97 Å². The van der Waals surface area contributed by atoms with Gasteiger partial charge in [-0.1, -0.05) is 71.6 Å². The van der Waals surface area contributed by atoms with E-state index in [1.54, 1.807) is 0 Å². The summed E-state index contributed by atoms with van der Waals surface area (Å²) in [6.45, 7) is 4.53. The van der Waals surface area contributed by atoms with Gasteiger partial charge in [0.15, 0.2) is 5.82 Å². The molecule has 0 bridgehead atoms. The summed E-state index contributed by atoms with van der Waals surface area (Å²) in [6, 6.07) is 7.68. The third-order valence-corrected chi connectivity index (χ3v) is 9.18. The molecule has 2 aliphatic rings. The van der Waals surface area contributed by atoms with Crippen LogP contribution in [0.15, 0.2) is 36.7 Å². The lowest BCUT2D eigenvalue weighted by atomic mass is 9.77. The first-order chi connectivity index (χ1) is 18.7. The second kappa shape index (κ2) is 15.4. The Morgan fingerprint density at radius 2 is 1.32 bits per heavy atom. The van der Waals surface area contributed by atoms with Gasteiger partial charge in [0.05, 0.1) is 5.92 Å². The first-order valence-corrected chi connectivity index (χ1v) is 15.8. The molecule has 0 unspecified atom stereocenters. The smallest absolute Gasteiger partial charge is 0.314 e. The number of benzene rings is 1. The fourth-order valence-electron chi connectivity index (χ4n) is 6.57. The fraction of sp³-hybridized carbons (Fsp3) is 0.676. The van der Waals surface area contributed by atoms with E-state index in [1.165, 1.54) is 89.0 Å². The molecule has 4 heteroatoms. The quantitative estimate of drug-likeness (QED) is 0.150. The molecule has 2 aromatic rings. The van der Waals surface area contributed by atoms with Crippen molar-refractivity contribution in [2.45, 2.75) is 129 Å². The molecule has 0 spiro atoms. The highest BCUT2D eigenvalue weighted by atomic mass is 16.5. The van der Waals surface area contributed by atoms with Gasteiger partial charge in [-0.05, 0) is 98.9 Å². The van der Waals surface area contributed by atoms with Gasteiger partial charge in [-0.3, -0.25) is 4.79 Å². The molecule has 2 saturated carbocycles. The van der Waals surface area contributed by atoms with Gasteiger partial charge >= 0.3 is 5.97 Å². The van der Waals surface area contributed by atoms with Crippen LogP contribution in [-0.4, -0.2) is 15.9 Å². The van der Waals surface area contributed by atoms with Crippen molar-refractivity contribution in [2.75, 3.05) is 0 Å². The summed E-state index contributed by atoms with van der Waals surface area (Å²) in [5.74, 6) is 3.64. The standard InChI is InChI=1S/C34H50N2O2/c1-3-5-7-8-9-11-27-12-16-28(17-13-27)31-24-35-33(36-25-31)29-20-22-32(23-21-29)38-34(37)30-18-14-26(15-19-30)10-6-4-2/h20-28,30H,3-19H2,1-2H3. The molecule has 0 saturated heterocycles. The van der Waals surface area contributed by atoms with E-state index in [1.807, 2.05) is 36.7 Å². The van der Waals surface area contributed by atoms with E-state index in [2.05, 4.69) is 13.8 Å². The summed E-state index contributed by atoms with van der Waals surface area (Å²) >= 11 is 0. The number of esters is 1. The van der Waals surface area contributed by atoms with E-state index >= 15 is 0 Å². The number of aromatic nitrogens is 2. The predicted molar refractivity (Wildman–Crippen MR) is 156 cm³/mol. The zero-order chi connectivity index (χ0) is 26.6. The number of ether oxygens (including phenoxy) is 1. The molecule has 2 fully saturated rings. The second-order valence-corrected chi connectivity index (χ2v) is 12.1. The third kappa shape index (κ3) is 8.64. The number of hydrogen-bond acceptors (Lipinski definition) is 4. The van der Waals surface area contributed by atoms with Crippen molar-refractivity contribution < 1.29 is 9.53 Å². The molecular formula is C34H50N2O2. The molecule has 2 aliphatic carbocycles. The number of carbonyl (C=O) groups is 1. The summed E-state index contributed by atoms with van der Waals surface area (Å²) in [7, 11) is 0. The highest BCUT2D eigenvalue weighted by molar-refractivity contribution is 5.75.